The van der Waals surface area contributed by atoms with Gasteiger partial charge in [-0.3, -0.25) is 4.79 Å². The number of amides is 1. The third-order valence-corrected chi connectivity index (χ3v) is 7.15. The van der Waals surface area contributed by atoms with E-state index in [1.54, 1.807) is 26.0 Å². The first kappa shape index (κ1) is 21.0. The van der Waals surface area contributed by atoms with Gasteiger partial charge in [-0.25, -0.2) is 8.42 Å². The first-order valence-corrected chi connectivity index (χ1v) is 11.0. The van der Waals surface area contributed by atoms with Gasteiger partial charge in [0.05, 0.1) is 10.9 Å². The van der Waals surface area contributed by atoms with Crippen molar-refractivity contribution in [2.45, 2.75) is 37.8 Å². The van der Waals surface area contributed by atoms with Crippen LogP contribution in [0.15, 0.2) is 71.6 Å². The maximum atomic E-state index is 12.8. The van der Waals surface area contributed by atoms with Gasteiger partial charge in [0.15, 0.2) is 0 Å². The monoisotopic (exact) mass is 410 g/mol. The van der Waals surface area contributed by atoms with Gasteiger partial charge in [-0.05, 0) is 61.4 Å². The van der Waals surface area contributed by atoms with Crippen LogP contribution in [0.2, 0.25) is 0 Å². The zero-order chi connectivity index (χ0) is 21.2. The normalized spacial score (nSPS) is 13.0. The maximum absolute atomic E-state index is 12.8. The lowest BCUT2D eigenvalue weighted by atomic mass is 10.0. The molecule has 0 saturated carbocycles. The third-order valence-electron chi connectivity index (χ3n) is 5.12. The molecule has 0 fully saturated rings. The Morgan fingerprint density at radius 1 is 0.897 bits per heavy atom. The van der Waals surface area contributed by atoms with E-state index in [1.165, 1.54) is 23.5 Å². The Bertz CT molecular complexity index is 1140. The van der Waals surface area contributed by atoms with Gasteiger partial charge in [0.25, 0.3) is 5.91 Å². The van der Waals surface area contributed by atoms with E-state index in [0.717, 1.165) is 16.3 Å². The average molecular weight is 411 g/mol. The Balaban J connectivity index is 1.81. The fourth-order valence-corrected chi connectivity index (χ4v) is 4.50. The second-order valence-electron chi connectivity index (χ2n) is 7.44. The van der Waals surface area contributed by atoms with E-state index in [2.05, 4.69) is 11.4 Å². The van der Waals surface area contributed by atoms with Crippen LogP contribution in [-0.4, -0.2) is 31.7 Å². The summed E-state index contributed by atoms with van der Waals surface area (Å²) in [6.45, 7) is 5.52. The van der Waals surface area contributed by atoms with E-state index in [1.807, 2.05) is 43.3 Å². The fraction of sp³-hybridized carbons (Fsp3) is 0.261. The molecule has 0 spiro atoms. The van der Waals surface area contributed by atoms with Crippen molar-refractivity contribution in [1.29, 1.82) is 0 Å². The molecular formula is C23H26N2O3S. The van der Waals surface area contributed by atoms with Crippen LogP contribution in [0, 0.1) is 0 Å². The number of hydrogen-bond acceptors (Lipinski definition) is 3. The van der Waals surface area contributed by atoms with Crippen LogP contribution >= 0.6 is 0 Å². The summed E-state index contributed by atoms with van der Waals surface area (Å²) in [6, 6.07) is 19.9. The van der Waals surface area contributed by atoms with E-state index >= 15 is 0 Å². The highest BCUT2D eigenvalue weighted by atomic mass is 32.2. The lowest BCUT2D eigenvalue weighted by Crippen LogP contribution is -2.33. The lowest BCUT2D eigenvalue weighted by molar-refractivity contribution is 0.0939. The molecule has 1 unspecified atom stereocenters. The third kappa shape index (κ3) is 4.49. The Hall–Kier alpha value is -2.70. The molecule has 0 bridgehead atoms. The molecule has 3 rings (SSSR count). The molecular weight excluding hydrogens is 384 g/mol. The van der Waals surface area contributed by atoms with Crippen molar-refractivity contribution >= 4 is 26.7 Å². The summed E-state index contributed by atoms with van der Waals surface area (Å²) in [6.07, 6.45) is 0. The molecule has 3 aromatic carbocycles. The Kier molecular flexibility index (Phi) is 6.05. The van der Waals surface area contributed by atoms with Gasteiger partial charge in [-0.1, -0.05) is 42.5 Å². The van der Waals surface area contributed by atoms with Crippen LogP contribution in [0.3, 0.4) is 0 Å². The predicted molar refractivity (Wildman–Crippen MR) is 116 cm³/mol. The summed E-state index contributed by atoms with van der Waals surface area (Å²) < 4.78 is 26.7. The quantitative estimate of drug-likeness (QED) is 0.657. The van der Waals surface area contributed by atoms with Crippen molar-refractivity contribution in [3.05, 3.63) is 77.9 Å². The standard InChI is InChI=1S/C23H26N2O3S/c1-16(2)25(4)29(27,28)22-11-7-10-21(15-22)23(26)24-17(3)19-13-12-18-8-5-6-9-20(18)14-19/h5-17H,1-4H3,(H,24,26). The van der Waals surface area contributed by atoms with Crippen LogP contribution in [0.25, 0.3) is 10.8 Å². The minimum absolute atomic E-state index is 0.111. The number of sulfonamides is 1. The summed E-state index contributed by atoms with van der Waals surface area (Å²) >= 11 is 0. The molecule has 0 radical (unpaired) electrons. The van der Waals surface area contributed by atoms with Crippen molar-refractivity contribution in [3.8, 4) is 0 Å². The van der Waals surface area contributed by atoms with Gasteiger partial charge in [-0.2, -0.15) is 4.31 Å². The minimum Gasteiger partial charge on any atom is -0.346 e. The number of benzene rings is 3. The molecule has 0 aromatic heterocycles. The molecule has 0 aliphatic heterocycles. The molecule has 3 aromatic rings. The second kappa shape index (κ2) is 8.35. The zero-order valence-corrected chi connectivity index (χ0v) is 17.9. The van der Waals surface area contributed by atoms with E-state index < -0.39 is 10.0 Å². The number of nitrogens with zero attached hydrogens (tertiary/aromatic N) is 1. The second-order valence-corrected chi connectivity index (χ2v) is 9.44. The van der Waals surface area contributed by atoms with Gasteiger partial charge < -0.3 is 5.32 Å². The number of nitrogens with one attached hydrogen (secondary N) is 1. The summed E-state index contributed by atoms with van der Waals surface area (Å²) in [7, 11) is -2.11. The number of hydrogen-bond donors (Lipinski definition) is 1. The summed E-state index contributed by atoms with van der Waals surface area (Å²) in [4.78, 5) is 12.9. The average Bonchev–Trinajstić information content (AvgIpc) is 2.72. The first-order chi connectivity index (χ1) is 13.7. The molecule has 1 N–H and O–H groups in total. The summed E-state index contributed by atoms with van der Waals surface area (Å²) in [5.74, 6) is -0.310. The van der Waals surface area contributed by atoms with Crippen LogP contribution in [0.5, 0.6) is 0 Å². The van der Waals surface area contributed by atoms with Crippen molar-refractivity contribution in [2.24, 2.45) is 0 Å². The zero-order valence-electron chi connectivity index (χ0n) is 17.1. The number of carbonyl (C=O) groups is 1. The first-order valence-electron chi connectivity index (χ1n) is 9.58. The maximum Gasteiger partial charge on any atom is 0.251 e. The Morgan fingerprint density at radius 3 is 2.28 bits per heavy atom. The number of rotatable bonds is 6. The highest BCUT2D eigenvalue weighted by molar-refractivity contribution is 7.89. The van der Waals surface area contributed by atoms with Gasteiger partial charge in [0.1, 0.15) is 0 Å². The van der Waals surface area contributed by atoms with Gasteiger partial charge in [0.2, 0.25) is 10.0 Å². The Morgan fingerprint density at radius 2 is 1.59 bits per heavy atom. The van der Waals surface area contributed by atoms with E-state index in [4.69, 9.17) is 0 Å². The molecule has 152 valence electrons. The molecule has 1 amide bonds. The van der Waals surface area contributed by atoms with Crippen LogP contribution in [0.1, 0.15) is 42.7 Å². The van der Waals surface area contributed by atoms with Crippen molar-refractivity contribution in [3.63, 3.8) is 0 Å². The van der Waals surface area contributed by atoms with Crippen molar-refractivity contribution in [2.75, 3.05) is 7.05 Å². The number of carbonyl (C=O) groups excluding carboxylic acids is 1. The Labute approximate surface area is 172 Å². The smallest absolute Gasteiger partial charge is 0.251 e. The molecule has 1 atom stereocenters. The minimum atomic E-state index is -3.65. The van der Waals surface area contributed by atoms with Gasteiger partial charge in [0, 0.05) is 18.7 Å². The summed E-state index contributed by atoms with van der Waals surface area (Å²) in [5.41, 5.74) is 1.30. The molecule has 29 heavy (non-hydrogen) atoms. The van der Waals surface area contributed by atoms with Gasteiger partial charge in [-0.15, -0.1) is 0 Å². The topological polar surface area (TPSA) is 66.5 Å². The van der Waals surface area contributed by atoms with E-state index in [0.29, 0.717) is 5.56 Å². The van der Waals surface area contributed by atoms with E-state index in [-0.39, 0.29) is 22.9 Å². The molecule has 0 aliphatic carbocycles. The highest BCUT2D eigenvalue weighted by Crippen LogP contribution is 2.22. The lowest BCUT2D eigenvalue weighted by Gasteiger charge is -2.21. The number of fused-ring (bicyclic) bond motifs is 1. The van der Waals surface area contributed by atoms with E-state index in [9.17, 15) is 13.2 Å². The molecule has 0 aliphatic rings. The van der Waals surface area contributed by atoms with Crippen molar-refractivity contribution < 1.29 is 13.2 Å². The van der Waals surface area contributed by atoms with Crippen LogP contribution in [0.4, 0.5) is 0 Å². The highest BCUT2D eigenvalue weighted by Gasteiger charge is 2.24. The summed E-state index contributed by atoms with van der Waals surface area (Å²) in [5, 5.41) is 5.21. The largest absolute Gasteiger partial charge is 0.346 e. The van der Waals surface area contributed by atoms with Gasteiger partial charge >= 0.3 is 0 Å². The SMILES string of the molecule is CC(NC(=O)c1cccc(S(=O)(=O)N(C)C(C)C)c1)c1ccc2ccccc2c1. The fourth-order valence-electron chi connectivity index (χ4n) is 3.08. The van der Waals surface area contributed by atoms with Crippen LogP contribution < -0.4 is 5.32 Å². The molecule has 6 heteroatoms. The molecule has 0 heterocycles. The van der Waals surface area contributed by atoms with Crippen LogP contribution in [-0.2, 0) is 10.0 Å². The molecule has 5 nitrogen and oxygen atoms in total. The molecule has 0 saturated heterocycles. The van der Waals surface area contributed by atoms with Crippen molar-refractivity contribution in [1.82, 2.24) is 9.62 Å². The predicted octanol–water partition coefficient (Wildman–Crippen LogP) is 4.36.